The number of hydrogen-bond acceptors (Lipinski definition) is 4. The van der Waals surface area contributed by atoms with Gasteiger partial charge in [-0.3, -0.25) is 14.9 Å². The summed E-state index contributed by atoms with van der Waals surface area (Å²) in [6.45, 7) is 1.37. The molecule has 1 amide bonds. The molecule has 2 aromatic rings. The molecule has 0 spiro atoms. The summed E-state index contributed by atoms with van der Waals surface area (Å²) < 4.78 is 0. The van der Waals surface area contributed by atoms with Gasteiger partial charge in [0.2, 0.25) is 5.91 Å². The van der Waals surface area contributed by atoms with Gasteiger partial charge in [-0.15, -0.1) is 0 Å². The molecule has 0 bridgehead atoms. The molecule has 0 atom stereocenters. The zero-order valence-electron chi connectivity index (χ0n) is 16.3. The fraction of sp³-hybridized carbons (Fsp3) is 0.409. The molecule has 0 saturated carbocycles. The molecule has 0 fully saturated rings. The Hall–Kier alpha value is -2.89. The average Bonchev–Trinajstić information content (AvgIpc) is 2.68. The van der Waals surface area contributed by atoms with Crippen LogP contribution in [0.4, 0.5) is 17.1 Å². The van der Waals surface area contributed by atoms with Crippen LogP contribution < -0.4 is 11.1 Å². The van der Waals surface area contributed by atoms with Gasteiger partial charge in [0.25, 0.3) is 5.69 Å². The molecule has 28 heavy (non-hydrogen) atoms. The first-order valence-corrected chi connectivity index (χ1v) is 9.90. The third-order valence-electron chi connectivity index (χ3n) is 5.44. The summed E-state index contributed by atoms with van der Waals surface area (Å²) in [5.41, 5.74) is 12.1. The number of rotatable bonds is 2. The SMILES string of the molecule is CC(=O)Nc1c([N+](=O)[O-])ccc2c1CCCC2.Nc1cccc2c1CCCC2. The summed E-state index contributed by atoms with van der Waals surface area (Å²) in [5, 5.41) is 13.5. The first kappa shape index (κ1) is 19.9. The Labute approximate surface area is 165 Å². The van der Waals surface area contributed by atoms with Crippen LogP contribution in [-0.4, -0.2) is 10.8 Å². The summed E-state index contributed by atoms with van der Waals surface area (Å²) in [4.78, 5) is 21.6. The van der Waals surface area contributed by atoms with Gasteiger partial charge in [-0.05, 0) is 79.7 Å². The lowest BCUT2D eigenvalue weighted by molar-refractivity contribution is -0.384. The highest BCUT2D eigenvalue weighted by molar-refractivity contribution is 5.92. The quantitative estimate of drug-likeness (QED) is 0.452. The van der Waals surface area contributed by atoms with Crippen molar-refractivity contribution in [1.29, 1.82) is 0 Å². The minimum Gasteiger partial charge on any atom is -0.398 e. The van der Waals surface area contributed by atoms with Crippen molar-refractivity contribution in [3.63, 3.8) is 0 Å². The van der Waals surface area contributed by atoms with Gasteiger partial charge in [-0.2, -0.15) is 0 Å². The third-order valence-corrected chi connectivity index (χ3v) is 5.44. The number of nitrogens with two attached hydrogens (primary N) is 1. The van der Waals surface area contributed by atoms with Gasteiger partial charge in [-0.25, -0.2) is 0 Å². The van der Waals surface area contributed by atoms with Gasteiger partial charge in [0.1, 0.15) is 5.69 Å². The van der Waals surface area contributed by atoms with Crippen LogP contribution in [0.1, 0.15) is 54.9 Å². The number of nitrogens with one attached hydrogen (secondary N) is 1. The lowest BCUT2D eigenvalue weighted by atomic mass is 9.90. The van der Waals surface area contributed by atoms with Gasteiger partial charge < -0.3 is 11.1 Å². The number of amides is 1. The largest absolute Gasteiger partial charge is 0.398 e. The van der Waals surface area contributed by atoms with Crippen molar-refractivity contribution in [2.75, 3.05) is 11.1 Å². The van der Waals surface area contributed by atoms with Crippen LogP contribution in [0.15, 0.2) is 30.3 Å². The number of fused-ring (bicyclic) bond motifs is 2. The second kappa shape index (κ2) is 8.87. The van der Waals surface area contributed by atoms with Crippen LogP contribution in [0.5, 0.6) is 0 Å². The normalized spacial score (nSPS) is 14.8. The Morgan fingerprint density at radius 1 is 0.964 bits per heavy atom. The number of nitrogen functional groups attached to an aromatic ring is 1. The molecule has 2 aromatic carbocycles. The summed E-state index contributed by atoms with van der Waals surface area (Å²) in [6.07, 6.45) is 8.89. The minimum absolute atomic E-state index is 0.0131. The second-order valence-electron chi connectivity index (χ2n) is 7.43. The van der Waals surface area contributed by atoms with E-state index in [1.807, 2.05) is 6.07 Å². The van der Waals surface area contributed by atoms with Crippen molar-refractivity contribution in [1.82, 2.24) is 0 Å². The zero-order valence-corrected chi connectivity index (χ0v) is 16.3. The molecule has 4 rings (SSSR count). The molecule has 0 aromatic heterocycles. The average molecular weight is 381 g/mol. The maximum absolute atomic E-state index is 11.1. The van der Waals surface area contributed by atoms with E-state index in [2.05, 4.69) is 17.4 Å². The van der Waals surface area contributed by atoms with E-state index in [1.54, 1.807) is 6.07 Å². The van der Waals surface area contributed by atoms with E-state index in [0.29, 0.717) is 5.69 Å². The van der Waals surface area contributed by atoms with Crippen LogP contribution in [0.3, 0.4) is 0 Å². The Kier molecular flexibility index (Phi) is 6.29. The number of nitrogens with zero attached hydrogens (tertiary/aromatic N) is 1. The van der Waals surface area contributed by atoms with Gasteiger partial charge in [-0.1, -0.05) is 18.2 Å². The van der Waals surface area contributed by atoms with E-state index in [9.17, 15) is 14.9 Å². The molecular weight excluding hydrogens is 354 g/mol. The third kappa shape index (κ3) is 4.50. The highest BCUT2D eigenvalue weighted by atomic mass is 16.6. The van der Waals surface area contributed by atoms with Gasteiger partial charge in [0.15, 0.2) is 0 Å². The lowest BCUT2D eigenvalue weighted by Gasteiger charge is -2.19. The minimum atomic E-state index is -0.444. The van der Waals surface area contributed by atoms with E-state index >= 15 is 0 Å². The fourth-order valence-corrected chi connectivity index (χ4v) is 4.09. The van der Waals surface area contributed by atoms with Crippen LogP contribution in [0.25, 0.3) is 0 Å². The molecular formula is C22H27N3O3. The Balaban J connectivity index is 0.000000176. The van der Waals surface area contributed by atoms with E-state index in [0.717, 1.165) is 42.5 Å². The molecule has 0 radical (unpaired) electrons. The van der Waals surface area contributed by atoms with Crippen molar-refractivity contribution < 1.29 is 9.72 Å². The molecule has 2 aliphatic rings. The number of carbonyl (C=O) groups excluding carboxylic acids is 1. The monoisotopic (exact) mass is 381 g/mol. The van der Waals surface area contributed by atoms with E-state index < -0.39 is 4.92 Å². The van der Waals surface area contributed by atoms with E-state index in [-0.39, 0.29) is 11.6 Å². The number of nitro groups is 1. The maximum Gasteiger partial charge on any atom is 0.293 e. The van der Waals surface area contributed by atoms with E-state index in [4.69, 9.17) is 5.73 Å². The predicted molar refractivity (Wildman–Crippen MR) is 112 cm³/mol. The van der Waals surface area contributed by atoms with Crippen molar-refractivity contribution in [3.8, 4) is 0 Å². The number of aryl methyl sites for hydroxylation is 2. The number of benzene rings is 2. The highest BCUT2D eigenvalue weighted by Crippen LogP contribution is 2.35. The van der Waals surface area contributed by atoms with Crippen molar-refractivity contribution in [3.05, 3.63) is 62.7 Å². The Morgan fingerprint density at radius 3 is 2.18 bits per heavy atom. The molecule has 148 valence electrons. The van der Waals surface area contributed by atoms with Gasteiger partial charge in [0.05, 0.1) is 4.92 Å². The molecule has 2 aliphatic carbocycles. The first-order chi connectivity index (χ1) is 13.5. The standard InChI is InChI=1S/C12H14N2O3.C10H13N/c1-8(15)13-12-10-5-3-2-4-9(10)6-7-11(12)14(16)17;11-10-7-3-5-8-4-1-2-6-9(8)10/h6-7H,2-5H2,1H3,(H,13,15);3,5,7H,1-2,4,6,11H2. The lowest BCUT2D eigenvalue weighted by Crippen LogP contribution is -2.14. The fourth-order valence-electron chi connectivity index (χ4n) is 4.09. The van der Waals surface area contributed by atoms with Crippen LogP contribution in [0.2, 0.25) is 0 Å². The van der Waals surface area contributed by atoms with Gasteiger partial charge >= 0.3 is 0 Å². The molecule has 6 nitrogen and oxygen atoms in total. The van der Waals surface area contributed by atoms with Crippen molar-refractivity contribution in [2.24, 2.45) is 0 Å². The van der Waals surface area contributed by atoms with Crippen LogP contribution in [-0.2, 0) is 30.5 Å². The number of carbonyl (C=O) groups is 1. The Morgan fingerprint density at radius 2 is 1.57 bits per heavy atom. The Bertz CT molecular complexity index is 893. The molecule has 0 aliphatic heterocycles. The molecule has 0 unspecified atom stereocenters. The van der Waals surface area contributed by atoms with Crippen molar-refractivity contribution >= 4 is 23.0 Å². The molecule has 3 N–H and O–H groups in total. The van der Waals surface area contributed by atoms with Crippen LogP contribution >= 0.6 is 0 Å². The molecule has 6 heteroatoms. The summed E-state index contributed by atoms with van der Waals surface area (Å²) in [7, 11) is 0. The summed E-state index contributed by atoms with van der Waals surface area (Å²) in [5.74, 6) is -0.271. The number of anilines is 2. The van der Waals surface area contributed by atoms with Gasteiger partial charge in [0, 0.05) is 18.7 Å². The number of hydrogen-bond donors (Lipinski definition) is 2. The smallest absolute Gasteiger partial charge is 0.293 e. The molecule has 0 saturated heterocycles. The van der Waals surface area contributed by atoms with Crippen molar-refractivity contribution in [2.45, 2.75) is 58.3 Å². The van der Waals surface area contributed by atoms with E-state index in [1.165, 1.54) is 49.8 Å². The summed E-state index contributed by atoms with van der Waals surface area (Å²) >= 11 is 0. The van der Waals surface area contributed by atoms with Crippen LogP contribution in [0, 0.1) is 10.1 Å². The topological polar surface area (TPSA) is 98.3 Å². The second-order valence-corrected chi connectivity index (χ2v) is 7.43. The number of nitro benzene ring substituents is 1. The highest BCUT2D eigenvalue weighted by Gasteiger charge is 2.23. The maximum atomic E-state index is 11.1. The molecule has 0 heterocycles. The summed E-state index contributed by atoms with van der Waals surface area (Å²) in [6, 6.07) is 9.54. The zero-order chi connectivity index (χ0) is 20.1. The first-order valence-electron chi connectivity index (χ1n) is 9.90. The predicted octanol–water partition coefficient (Wildman–Crippen LogP) is 4.58.